The minimum Gasteiger partial charge on any atom is -0.495 e. The number of methoxy groups -OCH3 is 1. The van der Waals surface area contributed by atoms with E-state index in [1.54, 1.807) is 0 Å². The van der Waals surface area contributed by atoms with Crippen LogP contribution in [0.1, 0.15) is 25.7 Å². The first-order valence-electron chi connectivity index (χ1n) is 11.4. The Kier molecular flexibility index (Phi) is 7.72. The molecule has 1 atom stereocenters. The van der Waals surface area contributed by atoms with Gasteiger partial charge in [-0.05, 0) is 68.1 Å². The van der Waals surface area contributed by atoms with E-state index in [-0.39, 0.29) is 22.0 Å². The van der Waals surface area contributed by atoms with Crippen LogP contribution < -0.4 is 10.1 Å². The number of piperidine rings is 1. The van der Waals surface area contributed by atoms with Crippen molar-refractivity contribution < 1.29 is 26.4 Å². The fourth-order valence-corrected chi connectivity index (χ4v) is 7.58. The van der Waals surface area contributed by atoms with Crippen LogP contribution >= 0.6 is 11.6 Å². The summed E-state index contributed by atoms with van der Waals surface area (Å²) in [7, 11) is -6.03. The van der Waals surface area contributed by atoms with E-state index < -0.39 is 31.9 Å². The van der Waals surface area contributed by atoms with Gasteiger partial charge in [0.2, 0.25) is 26.0 Å². The summed E-state index contributed by atoms with van der Waals surface area (Å²) < 4.78 is 60.1. The van der Waals surface area contributed by atoms with Gasteiger partial charge >= 0.3 is 0 Å². The van der Waals surface area contributed by atoms with Crippen LogP contribution in [0.3, 0.4) is 0 Å². The lowest BCUT2D eigenvalue weighted by molar-refractivity contribution is -0.120. The van der Waals surface area contributed by atoms with Gasteiger partial charge in [-0.2, -0.15) is 8.61 Å². The molecule has 2 aliphatic heterocycles. The molecule has 2 aliphatic rings. The van der Waals surface area contributed by atoms with Crippen LogP contribution in [0.15, 0.2) is 52.3 Å². The maximum Gasteiger partial charge on any atom is 0.243 e. The fraction of sp³-hybridized carbons (Fsp3) is 0.435. The SMILES string of the molecule is COc1ccc(S(=O)(=O)N2CCCC2)cc1NC(=O)C1CCCN(S(=O)(=O)c2ccc(Cl)cc2)C1. The summed E-state index contributed by atoms with van der Waals surface area (Å²) in [6.07, 6.45) is 2.66. The van der Waals surface area contributed by atoms with Crippen LogP contribution in [0, 0.1) is 5.92 Å². The molecule has 9 nitrogen and oxygen atoms in total. The number of hydrogen-bond donors (Lipinski definition) is 1. The van der Waals surface area contributed by atoms with Crippen molar-refractivity contribution in [3.8, 4) is 5.75 Å². The van der Waals surface area contributed by atoms with Crippen molar-refractivity contribution in [1.29, 1.82) is 0 Å². The van der Waals surface area contributed by atoms with Crippen LogP contribution in [0.5, 0.6) is 5.75 Å². The second-order valence-electron chi connectivity index (χ2n) is 8.62. The number of nitrogens with one attached hydrogen (secondary N) is 1. The van der Waals surface area contributed by atoms with Gasteiger partial charge in [-0.25, -0.2) is 16.8 Å². The first-order valence-corrected chi connectivity index (χ1v) is 14.6. The van der Waals surface area contributed by atoms with Gasteiger partial charge < -0.3 is 10.1 Å². The number of halogens is 1. The minimum atomic E-state index is -3.78. The summed E-state index contributed by atoms with van der Waals surface area (Å²) in [6.45, 7) is 1.26. The van der Waals surface area contributed by atoms with E-state index in [4.69, 9.17) is 16.3 Å². The molecule has 0 aromatic heterocycles. The van der Waals surface area contributed by atoms with E-state index >= 15 is 0 Å². The van der Waals surface area contributed by atoms with Crippen molar-refractivity contribution in [3.05, 3.63) is 47.5 Å². The molecule has 1 N–H and O–H groups in total. The molecule has 35 heavy (non-hydrogen) atoms. The first-order chi connectivity index (χ1) is 16.6. The second kappa shape index (κ2) is 10.4. The Labute approximate surface area is 211 Å². The van der Waals surface area contributed by atoms with Gasteiger partial charge in [-0.3, -0.25) is 4.79 Å². The van der Waals surface area contributed by atoms with Crippen molar-refractivity contribution in [3.63, 3.8) is 0 Å². The topological polar surface area (TPSA) is 113 Å². The van der Waals surface area contributed by atoms with E-state index in [0.29, 0.717) is 43.2 Å². The predicted molar refractivity (Wildman–Crippen MR) is 133 cm³/mol. The average Bonchev–Trinajstić information content (AvgIpc) is 3.40. The molecule has 2 saturated heterocycles. The standard InChI is InChI=1S/C23H28ClN3O6S2/c1-33-22-11-10-20(35(31,32)26-12-2-3-13-26)15-21(22)25-23(28)17-5-4-14-27(16-17)34(29,30)19-8-6-18(24)7-9-19/h6-11,15,17H,2-5,12-14,16H2,1H3,(H,25,28). The molecule has 0 radical (unpaired) electrons. The summed E-state index contributed by atoms with van der Waals surface area (Å²) in [4.78, 5) is 13.3. The Morgan fingerprint density at radius 3 is 2.17 bits per heavy atom. The van der Waals surface area contributed by atoms with Gasteiger partial charge in [-0.1, -0.05) is 11.6 Å². The lowest BCUT2D eigenvalue weighted by Gasteiger charge is -2.31. The number of carbonyl (C=O) groups is 1. The molecule has 190 valence electrons. The van der Waals surface area contributed by atoms with Crippen molar-refractivity contribution >= 4 is 43.2 Å². The van der Waals surface area contributed by atoms with Crippen LogP contribution in [0.25, 0.3) is 0 Å². The summed E-state index contributed by atoms with van der Waals surface area (Å²) in [5, 5.41) is 3.20. The normalized spacial score (nSPS) is 20.0. The molecule has 0 spiro atoms. The number of rotatable bonds is 7. The number of amides is 1. The number of nitrogens with zero attached hydrogens (tertiary/aromatic N) is 2. The van der Waals surface area contributed by atoms with Crippen LogP contribution in [-0.2, 0) is 24.8 Å². The second-order valence-corrected chi connectivity index (χ2v) is 12.9. The van der Waals surface area contributed by atoms with Gasteiger partial charge in [0.05, 0.1) is 28.5 Å². The molecule has 2 aromatic rings. The molecule has 2 aromatic carbocycles. The molecule has 12 heteroatoms. The van der Waals surface area contributed by atoms with E-state index in [2.05, 4.69) is 5.32 Å². The Morgan fingerprint density at radius 1 is 0.914 bits per heavy atom. The average molecular weight is 542 g/mol. The molecule has 1 amide bonds. The number of anilines is 1. The third-order valence-electron chi connectivity index (χ3n) is 6.34. The van der Waals surface area contributed by atoms with Gasteiger partial charge in [-0.15, -0.1) is 0 Å². The van der Waals surface area contributed by atoms with Gasteiger partial charge in [0, 0.05) is 31.2 Å². The maximum absolute atomic E-state index is 13.1. The predicted octanol–water partition coefficient (Wildman–Crippen LogP) is 3.17. The Bertz CT molecular complexity index is 1290. The van der Waals surface area contributed by atoms with Gasteiger partial charge in [0.25, 0.3) is 0 Å². The third kappa shape index (κ3) is 5.49. The molecule has 1 unspecified atom stereocenters. The zero-order chi connectivity index (χ0) is 25.2. The molecule has 0 aliphatic carbocycles. The third-order valence-corrected chi connectivity index (χ3v) is 10.4. The number of benzene rings is 2. The van der Waals surface area contributed by atoms with Crippen LogP contribution in [0.2, 0.25) is 5.02 Å². The highest BCUT2D eigenvalue weighted by atomic mass is 35.5. The highest BCUT2D eigenvalue weighted by molar-refractivity contribution is 7.89. The molecular formula is C23H28ClN3O6S2. The van der Waals surface area contributed by atoms with Crippen molar-refractivity contribution in [1.82, 2.24) is 8.61 Å². The maximum atomic E-state index is 13.1. The zero-order valence-electron chi connectivity index (χ0n) is 19.3. The summed E-state index contributed by atoms with van der Waals surface area (Å²) in [6, 6.07) is 10.3. The lowest BCUT2D eigenvalue weighted by atomic mass is 9.98. The zero-order valence-corrected chi connectivity index (χ0v) is 21.7. The Balaban J connectivity index is 1.52. The molecule has 0 bridgehead atoms. The van der Waals surface area contributed by atoms with E-state index in [1.807, 2.05) is 0 Å². The molecular weight excluding hydrogens is 514 g/mol. The highest BCUT2D eigenvalue weighted by Crippen LogP contribution is 2.32. The number of carbonyl (C=O) groups excluding carboxylic acids is 1. The first kappa shape index (κ1) is 25.9. The minimum absolute atomic E-state index is 0.0187. The lowest BCUT2D eigenvalue weighted by Crippen LogP contribution is -2.43. The smallest absolute Gasteiger partial charge is 0.243 e. The van der Waals surface area contributed by atoms with Crippen molar-refractivity contribution in [2.45, 2.75) is 35.5 Å². The van der Waals surface area contributed by atoms with Crippen molar-refractivity contribution in [2.75, 3.05) is 38.6 Å². The summed E-state index contributed by atoms with van der Waals surface area (Å²) in [5.74, 6) is -0.676. The Hall–Kier alpha value is -2.18. The molecule has 4 rings (SSSR count). The monoisotopic (exact) mass is 541 g/mol. The van der Waals surface area contributed by atoms with Gasteiger partial charge in [0.15, 0.2) is 0 Å². The molecule has 2 fully saturated rings. The number of sulfonamides is 2. The van der Waals surface area contributed by atoms with Gasteiger partial charge in [0.1, 0.15) is 5.75 Å². The largest absolute Gasteiger partial charge is 0.495 e. The molecule has 0 saturated carbocycles. The van der Waals surface area contributed by atoms with E-state index in [0.717, 1.165) is 12.8 Å². The highest BCUT2D eigenvalue weighted by Gasteiger charge is 2.34. The van der Waals surface area contributed by atoms with Crippen LogP contribution in [0.4, 0.5) is 5.69 Å². The summed E-state index contributed by atoms with van der Waals surface area (Å²) in [5.41, 5.74) is 0.232. The summed E-state index contributed by atoms with van der Waals surface area (Å²) >= 11 is 5.88. The van der Waals surface area contributed by atoms with Crippen molar-refractivity contribution in [2.24, 2.45) is 5.92 Å². The molecule has 2 heterocycles. The Morgan fingerprint density at radius 2 is 1.51 bits per heavy atom. The van der Waals surface area contributed by atoms with E-state index in [1.165, 1.54) is 58.2 Å². The van der Waals surface area contributed by atoms with E-state index in [9.17, 15) is 21.6 Å². The quantitative estimate of drug-likeness (QED) is 0.576. The van der Waals surface area contributed by atoms with Crippen LogP contribution in [-0.4, -0.2) is 64.6 Å². The fourth-order valence-electron chi connectivity index (χ4n) is 4.39. The number of ether oxygens (including phenoxy) is 1. The number of hydrogen-bond acceptors (Lipinski definition) is 6.